The van der Waals surface area contributed by atoms with Crippen molar-refractivity contribution in [2.45, 2.75) is 44.7 Å². The Kier molecular flexibility index (Phi) is 5.23. The molecule has 2 aromatic carbocycles. The summed E-state index contributed by atoms with van der Waals surface area (Å²) in [5.41, 5.74) is 4.69. The van der Waals surface area contributed by atoms with Gasteiger partial charge in [-0.15, -0.1) is 0 Å². The van der Waals surface area contributed by atoms with E-state index in [0.29, 0.717) is 6.04 Å². The van der Waals surface area contributed by atoms with Gasteiger partial charge in [0.1, 0.15) is 5.82 Å². The Morgan fingerprint density at radius 1 is 1.08 bits per heavy atom. The van der Waals surface area contributed by atoms with Crippen molar-refractivity contribution in [3.63, 3.8) is 0 Å². The van der Waals surface area contributed by atoms with E-state index in [-0.39, 0.29) is 17.3 Å². The number of hydrogen-bond donors (Lipinski definition) is 0. The zero-order valence-corrected chi connectivity index (χ0v) is 16.9. The average molecular weight is 368 g/mol. The quantitative estimate of drug-likeness (QED) is 0.677. The standard InChI is InChI=1S/C22H26FNOSi/c1-22(2,3)24(4)26(25)15-21-18(13-16-9-11-19(23)12-10-16)14-17-7-5-6-8-20(17)21/h5-12,14,21H,13,15H2,1-4H3. The maximum atomic E-state index is 13.2. The van der Waals surface area contributed by atoms with Crippen LogP contribution in [0.5, 0.6) is 0 Å². The van der Waals surface area contributed by atoms with Crippen molar-refractivity contribution in [3.8, 4) is 0 Å². The molecule has 0 radical (unpaired) electrons. The van der Waals surface area contributed by atoms with Gasteiger partial charge in [-0.1, -0.05) is 48.0 Å². The second-order valence-electron chi connectivity index (χ2n) is 8.03. The van der Waals surface area contributed by atoms with Crippen LogP contribution in [0.2, 0.25) is 6.04 Å². The summed E-state index contributed by atoms with van der Waals surface area (Å²) in [6.45, 7) is 6.27. The van der Waals surface area contributed by atoms with Gasteiger partial charge in [-0.3, -0.25) is 0 Å². The van der Waals surface area contributed by atoms with Crippen molar-refractivity contribution in [3.05, 3.63) is 76.6 Å². The lowest BCUT2D eigenvalue weighted by Gasteiger charge is -2.33. The second-order valence-corrected chi connectivity index (χ2v) is 9.90. The Morgan fingerprint density at radius 3 is 2.38 bits per heavy atom. The molecule has 136 valence electrons. The first-order chi connectivity index (χ1) is 12.3. The van der Waals surface area contributed by atoms with Crippen LogP contribution >= 0.6 is 0 Å². The molecule has 1 aliphatic carbocycles. The summed E-state index contributed by atoms with van der Waals surface area (Å²) < 4.78 is 28.2. The molecule has 26 heavy (non-hydrogen) atoms. The van der Waals surface area contributed by atoms with Gasteiger partial charge in [-0.05, 0) is 56.0 Å². The first kappa shape index (κ1) is 18.7. The summed E-state index contributed by atoms with van der Waals surface area (Å²) in [6, 6.07) is 15.7. The highest BCUT2D eigenvalue weighted by Gasteiger charge is 2.32. The molecule has 0 bridgehead atoms. The highest BCUT2D eigenvalue weighted by molar-refractivity contribution is 6.40. The predicted octanol–water partition coefficient (Wildman–Crippen LogP) is 5.20. The van der Waals surface area contributed by atoms with Crippen molar-refractivity contribution in [2.75, 3.05) is 7.05 Å². The third kappa shape index (κ3) is 4.01. The summed E-state index contributed by atoms with van der Waals surface area (Å²) in [7, 11) is 0.0527. The summed E-state index contributed by atoms with van der Waals surface area (Å²) in [6.07, 6.45) is 2.98. The lowest BCUT2D eigenvalue weighted by atomic mass is 9.93. The zero-order valence-electron chi connectivity index (χ0n) is 15.9. The van der Waals surface area contributed by atoms with Crippen LogP contribution in [0, 0.1) is 5.82 Å². The topological polar surface area (TPSA) is 20.3 Å². The van der Waals surface area contributed by atoms with Crippen molar-refractivity contribution >= 4 is 14.9 Å². The van der Waals surface area contributed by atoms with Crippen LogP contribution in [0.3, 0.4) is 0 Å². The van der Waals surface area contributed by atoms with E-state index in [1.165, 1.54) is 28.8 Å². The maximum Gasteiger partial charge on any atom is 0.395 e. The van der Waals surface area contributed by atoms with Gasteiger partial charge >= 0.3 is 8.84 Å². The zero-order chi connectivity index (χ0) is 18.9. The van der Waals surface area contributed by atoms with Crippen molar-refractivity contribution in [2.24, 2.45) is 0 Å². The van der Waals surface area contributed by atoms with E-state index in [1.807, 2.05) is 35.9 Å². The van der Waals surface area contributed by atoms with Gasteiger partial charge in [-0.2, -0.15) is 0 Å². The number of halogens is 1. The monoisotopic (exact) mass is 367 g/mol. The predicted molar refractivity (Wildman–Crippen MR) is 106 cm³/mol. The summed E-state index contributed by atoms with van der Waals surface area (Å²) in [5, 5.41) is 0. The Bertz CT molecular complexity index is 836. The number of allylic oxidation sites excluding steroid dienone is 1. The molecule has 1 unspecified atom stereocenters. The summed E-state index contributed by atoms with van der Waals surface area (Å²) >= 11 is 0. The lowest BCUT2D eigenvalue weighted by Crippen LogP contribution is -2.44. The first-order valence-electron chi connectivity index (χ1n) is 9.06. The molecule has 0 saturated heterocycles. The van der Waals surface area contributed by atoms with Gasteiger partial charge in [0.25, 0.3) is 0 Å². The van der Waals surface area contributed by atoms with E-state index in [2.05, 4.69) is 39.0 Å². The van der Waals surface area contributed by atoms with Crippen LogP contribution in [-0.4, -0.2) is 26.0 Å². The van der Waals surface area contributed by atoms with E-state index in [9.17, 15) is 8.85 Å². The van der Waals surface area contributed by atoms with Crippen molar-refractivity contribution in [1.82, 2.24) is 4.57 Å². The van der Waals surface area contributed by atoms with Crippen LogP contribution in [0.1, 0.15) is 43.4 Å². The molecular formula is C22H26FNOSi. The van der Waals surface area contributed by atoms with Gasteiger partial charge in [-0.25, -0.2) is 4.39 Å². The largest absolute Gasteiger partial charge is 0.395 e. The van der Waals surface area contributed by atoms with Gasteiger partial charge in [0.05, 0.1) is 0 Å². The molecule has 3 rings (SSSR count). The summed E-state index contributed by atoms with van der Waals surface area (Å²) in [4.78, 5) is 0. The van der Waals surface area contributed by atoms with Gasteiger partial charge in [0.15, 0.2) is 0 Å². The van der Waals surface area contributed by atoms with E-state index in [1.54, 1.807) is 0 Å². The molecule has 0 amide bonds. The fraction of sp³-hybridized carbons (Fsp3) is 0.364. The Morgan fingerprint density at radius 2 is 1.73 bits per heavy atom. The van der Waals surface area contributed by atoms with Gasteiger partial charge in [0, 0.05) is 24.5 Å². The number of hydrogen-bond acceptors (Lipinski definition) is 1. The molecule has 0 heterocycles. The number of nitrogens with zero attached hydrogens (tertiary/aromatic N) is 1. The molecule has 0 saturated carbocycles. The molecule has 0 spiro atoms. The summed E-state index contributed by atoms with van der Waals surface area (Å²) in [5.74, 6) is -0.0571. The maximum absolute atomic E-state index is 13.2. The third-order valence-electron chi connectivity index (χ3n) is 5.24. The van der Waals surface area contributed by atoms with Crippen LogP contribution in [-0.2, 0) is 10.9 Å². The Balaban J connectivity index is 1.86. The molecule has 1 aliphatic rings. The number of fused-ring (bicyclic) bond motifs is 1. The molecule has 2 aromatic rings. The minimum atomic E-state index is -1.90. The van der Waals surface area contributed by atoms with Gasteiger partial charge in [0.2, 0.25) is 0 Å². The van der Waals surface area contributed by atoms with Crippen LogP contribution < -0.4 is 0 Å². The molecule has 2 nitrogen and oxygen atoms in total. The van der Waals surface area contributed by atoms with Crippen molar-refractivity contribution in [1.29, 1.82) is 0 Å². The van der Waals surface area contributed by atoms with Crippen molar-refractivity contribution < 1.29 is 8.85 Å². The molecule has 0 aromatic heterocycles. The van der Waals surface area contributed by atoms with Crippen LogP contribution in [0.25, 0.3) is 6.08 Å². The molecule has 0 fully saturated rings. The molecule has 0 aliphatic heterocycles. The molecular weight excluding hydrogens is 341 g/mol. The van der Waals surface area contributed by atoms with E-state index in [4.69, 9.17) is 0 Å². The van der Waals surface area contributed by atoms with Crippen LogP contribution in [0.4, 0.5) is 4.39 Å². The average Bonchev–Trinajstić information content (AvgIpc) is 2.93. The Labute approximate surface area is 157 Å². The molecule has 0 N–H and O–H groups in total. The fourth-order valence-corrected chi connectivity index (χ4v) is 5.25. The second kappa shape index (κ2) is 7.27. The smallest absolute Gasteiger partial charge is 0.375 e. The van der Waals surface area contributed by atoms with Crippen LogP contribution in [0.15, 0.2) is 54.1 Å². The highest BCUT2D eigenvalue weighted by atomic mass is 28.3. The minimum Gasteiger partial charge on any atom is -0.375 e. The van der Waals surface area contributed by atoms with E-state index < -0.39 is 8.84 Å². The number of benzene rings is 2. The third-order valence-corrected chi connectivity index (χ3v) is 7.42. The first-order valence-corrected chi connectivity index (χ1v) is 10.6. The normalized spacial score (nSPS) is 16.2. The fourth-order valence-electron chi connectivity index (χ4n) is 3.40. The minimum absolute atomic E-state index is 0.116. The van der Waals surface area contributed by atoms with Gasteiger partial charge < -0.3 is 9.03 Å². The SMILES string of the molecule is CN([Si](=O)CC1C(Cc2ccc(F)cc2)=Cc2ccccc21)C(C)(C)C. The highest BCUT2D eigenvalue weighted by Crippen LogP contribution is 2.41. The molecule has 4 heteroatoms. The Hall–Kier alpha value is -2.07. The number of rotatable bonds is 5. The van der Waals surface area contributed by atoms with E-state index >= 15 is 0 Å². The van der Waals surface area contributed by atoms with E-state index in [0.717, 1.165) is 12.0 Å². The molecule has 1 atom stereocenters. The lowest BCUT2D eigenvalue weighted by molar-refractivity contribution is 0.273.